The van der Waals surface area contributed by atoms with Crippen LogP contribution in [0.25, 0.3) is 0 Å². The molecule has 0 aromatic heterocycles. The first-order chi connectivity index (χ1) is 9.67. The molecule has 1 amide bonds. The molecule has 0 aliphatic heterocycles. The second-order valence-corrected chi connectivity index (χ2v) is 4.90. The number of hydrogen-bond acceptors (Lipinski definition) is 4. The van der Waals surface area contributed by atoms with E-state index in [-0.39, 0.29) is 26.2 Å². The number of alkyl halides is 1. The van der Waals surface area contributed by atoms with Gasteiger partial charge in [-0.3, -0.25) is 4.79 Å². The van der Waals surface area contributed by atoms with Crippen LogP contribution in [-0.2, 0) is 16.1 Å². The zero-order valence-electron chi connectivity index (χ0n) is 11.2. The molecule has 1 aromatic carbocycles. The van der Waals surface area contributed by atoms with Crippen LogP contribution in [0.5, 0.6) is 0 Å². The highest BCUT2D eigenvalue weighted by atomic mass is 35.5. The van der Waals surface area contributed by atoms with Gasteiger partial charge >= 0.3 is 0 Å². The van der Waals surface area contributed by atoms with E-state index in [4.69, 9.17) is 26.6 Å². The molecule has 20 heavy (non-hydrogen) atoms. The van der Waals surface area contributed by atoms with Gasteiger partial charge in [-0.2, -0.15) is 0 Å². The number of carbonyl (C=O) groups excluding carboxylic acids is 1. The van der Waals surface area contributed by atoms with Crippen molar-refractivity contribution in [3.05, 3.63) is 35.9 Å². The molecule has 0 aliphatic rings. The molecule has 0 saturated carbocycles. The van der Waals surface area contributed by atoms with Crippen molar-refractivity contribution in [2.75, 3.05) is 19.8 Å². The van der Waals surface area contributed by atoms with Gasteiger partial charge in [-0.05, 0) is 12.0 Å². The Labute approximate surface area is 123 Å². The van der Waals surface area contributed by atoms with Gasteiger partial charge in [0.2, 0.25) is 5.91 Å². The minimum absolute atomic E-state index is 0.0829. The Morgan fingerprint density at radius 2 is 2.00 bits per heavy atom. The van der Waals surface area contributed by atoms with Crippen LogP contribution >= 0.6 is 11.6 Å². The predicted octanol–water partition coefficient (Wildman–Crippen LogP) is 0.670. The number of rotatable bonds is 9. The molecule has 1 aromatic rings. The number of amides is 1. The van der Waals surface area contributed by atoms with Gasteiger partial charge in [0.25, 0.3) is 0 Å². The molecule has 0 radical (unpaired) electrons. The third kappa shape index (κ3) is 6.34. The van der Waals surface area contributed by atoms with Crippen LogP contribution in [0.2, 0.25) is 0 Å². The highest BCUT2D eigenvalue weighted by Crippen LogP contribution is 2.04. The fourth-order valence-electron chi connectivity index (χ4n) is 1.59. The number of nitrogens with one attached hydrogen (secondary N) is 1. The molecule has 0 fully saturated rings. The van der Waals surface area contributed by atoms with Crippen molar-refractivity contribution in [3.63, 3.8) is 0 Å². The predicted molar refractivity (Wildman–Crippen MR) is 76.5 cm³/mol. The highest BCUT2D eigenvalue weighted by Gasteiger charge is 2.19. The molecule has 3 N–H and O–H groups in total. The Hall–Kier alpha value is -1.14. The van der Waals surface area contributed by atoms with Gasteiger partial charge in [0.05, 0.1) is 25.9 Å². The molecule has 0 heterocycles. The summed E-state index contributed by atoms with van der Waals surface area (Å²) in [6, 6.07) is 9.09. The zero-order chi connectivity index (χ0) is 14.8. The SMILES string of the molecule is O=C(NC(CO)CCO)C(Cl)COCc1ccccc1. The van der Waals surface area contributed by atoms with E-state index < -0.39 is 17.3 Å². The fourth-order valence-corrected chi connectivity index (χ4v) is 1.74. The lowest BCUT2D eigenvalue weighted by atomic mass is 10.2. The first-order valence-electron chi connectivity index (χ1n) is 6.45. The first-order valence-corrected chi connectivity index (χ1v) is 6.88. The van der Waals surface area contributed by atoms with Crippen LogP contribution in [0.3, 0.4) is 0 Å². The highest BCUT2D eigenvalue weighted by molar-refractivity contribution is 6.30. The van der Waals surface area contributed by atoms with Gasteiger partial charge in [-0.1, -0.05) is 30.3 Å². The topological polar surface area (TPSA) is 78.8 Å². The standard InChI is InChI=1S/C14H20ClNO4/c15-13(14(19)16-12(8-18)6-7-17)10-20-9-11-4-2-1-3-5-11/h1-5,12-13,17-18H,6-10H2,(H,16,19). The van der Waals surface area contributed by atoms with Gasteiger partial charge in [-0.25, -0.2) is 0 Å². The largest absolute Gasteiger partial charge is 0.396 e. The van der Waals surface area contributed by atoms with Crippen molar-refractivity contribution in [3.8, 4) is 0 Å². The molecule has 0 aliphatic carbocycles. The number of ether oxygens (including phenoxy) is 1. The van der Waals surface area contributed by atoms with E-state index in [1.807, 2.05) is 30.3 Å². The van der Waals surface area contributed by atoms with Gasteiger partial charge in [0.1, 0.15) is 5.38 Å². The average molecular weight is 302 g/mol. The number of aliphatic hydroxyl groups is 2. The lowest BCUT2D eigenvalue weighted by molar-refractivity contribution is -0.123. The summed E-state index contributed by atoms with van der Waals surface area (Å²) in [7, 11) is 0. The van der Waals surface area contributed by atoms with Gasteiger partial charge < -0.3 is 20.3 Å². The van der Waals surface area contributed by atoms with Crippen LogP contribution in [0.15, 0.2) is 30.3 Å². The van der Waals surface area contributed by atoms with Gasteiger partial charge in [0.15, 0.2) is 0 Å². The molecule has 0 bridgehead atoms. The van der Waals surface area contributed by atoms with Crippen molar-refractivity contribution in [1.82, 2.24) is 5.32 Å². The Morgan fingerprint density at radius 3 is 2.60 bits per heavy atom. The summed E-state index contributed by atoms with van der Waals surface area (Å²) in [4.78, 5) is 11.7. The zero-order valence-corrected chi connectivity index (χ0v) is 11.9. The maximum atomic E-state index is 11.7. The summed E-state index contributed by atoms with van der Waals surface area (Å²) >= 11 is 5.92. The van der Waals surface area contributed by atoms with Crippen LogP contribution in [-0.4, -0.2) is 47.4 Å². The fraction of sp³-hybridized carbons (Fsp3) is 0.500. The summed E-state index contributed by atoms with van der Waals surface area (Å²) < 4.78 is 5.37. The van der Waals surface area contributed by atoms with E-state index in [0.717, 1.165) is 5.56 Å². The van der Waals surface area contributed by atoms with Crippen molar-refractivity contribution in [2.45, 2.75) is 24.4 Å². The summed E-state index contributed by atoms with van der Waals surface area (Å²) in [5.74, 6) is -0.410. The average Bonchev–Trinajstić information content (AvgIpc) is 2.47. The monoisotopic (exact) mass is 301 g/mol. The molecule has 0 spiro atoms. The van der Waals surface area contributed by atoms with E-state index in [2.05, 4.69) is 5.32 Å². The Balaban J connectivity index is 2.27. The van der Waals surface area contributed by atoms with E-state index >= 15 is 0 Å². The Morgan fingerprint density at radius 1 is 1.30 bits per heavy atom. The smallest absolute Gasteiger partial charge is 0.240 e. The molecular formula is C14H20ClNO4. The molecule has 1 rings (SSSR count). The van der Waals surface area contributed by atoms with Crippen molar-refractivity contribution in [2.24, 2.45) is 0 Å². The number of carbonyl (C=O) groups is 1. The number of halogens is 1. The second kappa shape index (κ2) is 9.72. The van der Waals surface area contributed by atoms with Crippen molar-refractivity contribution in [1.29, 1.82) is 0 Å². The minimum Gasteiger partial charge on any atom is -0.396 e. The number of hydrogen-bond donors (Lipinski definition) is 3. The van der Waals surface area contributed by atoms with Gasteiger partial charge in [0, 0.05) is 6.61 Å². The van der Waals surface area contributed by atoms with Crippen molar-refractivity contribution >= 4 is 17.5 Å². The molecule has 2 atom stereocenters. The van der Waals surface area contributed by atoms with E-state index in [1.54, 1.807) is 0 Å². The summed E-state index contributed by atoms with van der Waals surface area (Å²) in [5, 5.41) is 19.5. The molecule has 0 saturated heterocycles. The number of aliphatic hydroxyl groups excluding tert-OH is 2. The normalized spacial score (nSPS) is 13.8. The molecule has 5 nitrogen and oxygen atoms in total. The Bertz CT molecular complexity index is 388. The van der Waals surface area contributed by atoms with E-state index in [1.165, 1.54) is 0 Å². The second-order valence-electron chi connectivity index (χ2n) is 4.37. The first kappa shape index (κ1) is 16.9. The quantitative estimate of drug-likeness (QED) is 0.586. The van der Waals surface area contributed by atoms with Gasteiger partial charge in [-0.15, -0.1) is 11.6 Å². The van der Waals surface area contributed by atoms with E-state index in [9.17, 15) is 4.79 Å². The van der Waals surface area contributed by atoms with Crippen LogP contribution in [0.4, 0.5) is 0 Å². The van der Waals surface area contributed by atoms with Crippen LogP contribution in [0.1, 0.15) is 12.0 Å². The molecular weight excluding hydrogens is 282 g/mol. The third-order valence-corrected chi connectivity index (χ3v) is 3.03. The summed E-state index contributed by atoms with van der Waals surface area (Å²) in [6.07, 6.45) is 0.288. The molecule has 2 unspecified atom stereocenters. The molecule has 6 heteroatoms. The maximum absolute atomic E-state index is 11.7. The van der Waals surface area contributed by atoms with Crippen LogP contribution in [0, 0.1) is 0 Å². The minimum atomic E-state index is -0.827. The summed E-state index contributed by atoms with van der Waals surface area (Å²) in [5.41, 5.74) is 1.00. The summed E-state index contributed by atoms with van der Waals surface area (Å²) in [6.45, 7) is 0.126. The van der Waals surface area contributed by atoms with Crippen molar-refractivity contribution < 1.29 is 19.7 Å². The molecule has 112 valence electrons. The van der Waals surface area contributed by atoms with Crippen LogP contribution < -0.4 is 5.32 Å². The third-order valence-electron chi connectivity index (χ3n) is 2.70. The lowest BCUT2D eigenvalue weighted by Crippen LogP contribution is -2.43. The van der Waals surface area contributed by atoms with E-state index in [0.29, 0.717) is 6.61 Å². The number of benzene rings is 1. The lowest BCUT2D eigenvalue weighted by Gasteiger charge is -2.17. The Kier molecular flexibility index (Phi) is 8.22. The maximum Gasteiger partial charge on any atom is 0.240 e.